The number of aldehydes is 1. The highest BCUT2D eigenvalue weighted by atomic mass is 32.2. The fourth-order valence-corrected chi connectivity index (χ4v) is 6.70. The number of fused-ring (bicyclic) bond motifs is 1. The molecule has 1 aromatic heterocycles. The molecule has 11 heteroatoms. The minimum Gasteiger partial charge on any atom is -0.347 e. The van der Waals surface area contributed by atoms with Gasteiger partial charge in [-0.25, -0.2) is 8.42 Å². The molecule has 0 spiro atoms. The Bertz CT molecular complexity index is 1350. The normalized spacial score (nSPS) is 16.9. The number of carbonyl (C=O) groups is 3. The van der Waals surface area contributed by atoms with E-state index in [4.69, 9.17) is 5.26 Å². The van der Waals surface area contributed by atoms with Gasteiger partial charge in [0.05, 0.1) is 16.4 Å². The number of nitrogens with zero attached hydrogens (tertiary/aromatic N) is 4. The second kappa shape index (κ2) is 8.61. The smallest absolute Gasteiger partial charge is 0.272 e. The number of aryl methyl sites for hydroxylation is 1. The van der Waals surface area contributed by atoms with E-state index in [1.54, 1.807) is 31.3 Å². The maximum absolute atomic E-state index is 13.3. The maximum Gasteiger partial charge on any atom is 0.272 e. The van der Waals surface area contributed by atoms with Crippen molar-refractivity contribution in [2.24, 2.45) is 7.05 Å². The molecule has 10 nitrogen and oxygen atoms in total. The molecule has 1 aliphatic carbocycles. The van der Waals surface area contributed by atoms with Crippen molar-refractivity contribution in [2.45, 2.75) is 49.1 Å². The van der Waals surface area contributed by atoms with E-state index in [2.05, 4.69) is 10.4 Å². The van der Waals surface area contributed by atoms with Crippen molar-refractivity contribution in [1.82, 2.24) is 20.0 Å². The number of nitrogens with one attached hydrogen (secondary N) is 1. The van der Waals surface area contributed by atoms with Crippen molar-refractivity contribution < 1.29 is 22.8 Å². The summed E-state index contributed by atoms with van der Waals surface area (Å²) in [5.41, 5.74) is 2.31. The Morgan fingerprint density at radius 3 is 2.51 bits per heavy atom. The maximum atomic E-state index is 13.3. The highest BCUT2D eigenvalue weighted by Crippen LogP contribution is 2.48. The molecule has 184 valence electrons. The molecule has 0 bridgehead atoms. The first-order valence-electron chi connectivity index (χ1n) is 11.3. The van der Waals surface area contributed by atoms with Gasteiger partial charge in [-0.1, -0.05) is 12.1 Å². The van der Waals surface area contributed by atoms with Crippen molar-refractivity contribution in [3.63, 3.8) is 0 Å². The third-order valence-corrected chi connectivity index (χ3v) is 10.0. The van der Waals surface area contributed by atoms with E-state index in [0.717, 1.165) is 5.56 Å². The van der Waals surface area contributed by atoms with E-state index in [-0.39, 0.29) is 36.9 Å². The van der Waals surface area contributed by atoms with Crippen molar-refractivity contribution in [3.8, 4) is 6.07 Å². The lowest BCUT2D eigenvalue weighted by molar-refractivity contribution is -0.109. The second-order valence-corrected chi connectivity index (χ2v) is 12.6. The number of hydrogen-bond acceptors (Lipinski definition) is 7. The Morgan fingerprint density at radius 1 is 1.29 bits per heavy atom. The van der Waals surface area contributed by atoms with Gasteiger partial charge < -0.3 is 15.0 Å². The molecule has 1 N–H and O–H groups in total. The number of carbonyl (C=O) groups excluding carboxylic acids is 3. The topological polar surface area (TPSA) is 142 Å². The fourth-order valence-electron chi connectivity index (χ4n) is 4.49. The average molecular weight is 498 g/mol. The number of benzene rings is 1. The quantitative estimate of drug-likeness (QED) is 0.539. The molecule has 1 aliphatic heterocycles. The van der Waals surface area contributed by atoms with Gasteiger partial charge in [0.1, 0.15) is 16.7 Å². The molecule has 0 unspecified atom stereocenters. The predicted molar refractivity (Wildman–Crippen MR) is 126 cm³/mol. The van der Waals surface area contributed by atoms with E-state index in [0.29, 0.717) is 36.7 Å². The number of aromatic nitrogens is 2. The molecule has 2 amide bonds. The van der Waals surface area contributed by atoms with Crippen LogP contribution in [0.5, 0.6) is 0 Å². The van der Waals surface area contributed by atoms with Gasteiger partial charge in [0, 0.05) is 32.2 Å². The molecule has 1 saturated carbocycles. The first-order valence-corrected chi connectivity index (χ1v) is 12.8. The third kappa shape index (κ3) is 4.12. The van der Waals surface area contributed by atoms with Gasteiger partial charge in [-0.15, -0.1) is 0 Å². The molecule has 2 aromatic rings. The van der Waals surface area contributed by atoms with Crippen LogP contribution in [0.4, 0.5) is 0 Å². The summed E-state index contributed by atoms with van der Waals surface area (Å²) in [4.78, 5) is 39.1. The molecular formula is C24H27N5O5S. The van der Waals surface area contributed by atoms with Crippen LogP contribution in [0.25, 0.3) is 0 Å². The van der Waals surface area contributed by atoms with E-state index in [1.807, 2.05) is 6.07 Å². The van der Waals surface area contributed by atoms with Crippen LogP contribution in [0.1, 0.15) is 64.4 Å². The number of amides is 2. The number of nitriles is 1. The standard InChI is InChI=1S/C24H27N5O5S/c1-23(2,15-30)35(33,34)24(9-10-24)14-29-11-8-18-19(27-28(3)20(18)22(29)32)21(31)26-13-17-6-4-16(12-25)5-7-17/h4-7,15H,8-11,13-14H2,1-3H3,(H,26,31). The molecule has 2 aliphatic rings. The summed E-state index contributed by atoms with van der Waals surface area (Å²) < 4.78 is 25.0. The summed E-state index contributed by atoms with van der Waals surface area (Å²) in [6.07, 6.45) is 1.61. The third-order valence-electron chi connectivity index (χ3n) is 6.85. The summed E-state index contributed by atoms with van der Waals surface area (Å²) in [6.45, 7) is 3.27. The van der Waals surface area contributed by atoms with Gasteiger partial charge in [-0.05, 0) is 50.8 Å². The zero-order chi connectivity index (χ0) is 25.6. The summed E-state index contributed by atoms with van der Waals surface area (Å²) in [7, 11) is -2.22. The zero-order valence-electron chi connectivity index (χ0n) is 19.9. The van der Waals surface area contributed by atoms with Gasteiger partial charge in [0.25, 0.3) is 11.8 Å². The van der Waals surface area contributed by atoms with Gasteiger partial charge in [-0.3, -0.25) is 14.3 Å². The van der Waals surface area contributed by atoms with Crippen LogP contribution in [0.15, 0.2) is 24.3 Å². The molecule has 0 atom stereocenters. The Labute approximate surface area is 203 Å². The molecule has 4 rings (SSSR count). The highest BCUT2D eigenvalue weighted by Gasteiger charge is 2.61. The first kappa shape index (κ1) is 24.6. The molecule has 2 heterocycles. The molecule has 1 fully saturated rings. The largest absolute Gasteiger partial charge is 0.347 e. The molecule has 0 radical (unpaired) electrons. The predicted octanol–water partition coefficient (Wildman–Crippen LogP) is 1.14. The summed E-state index contributed by atoms with van der Waals surface area (Å²) in [5, 5.41) is 16.0. The Kier molecular flexibility index (Phi) is 6.05. The monoisotopic (exact) mass is 497 g/mol. The van der Waals surface area contributed by atoms with Gasteiger partial charge in [-0.2, -0.15) is 10.4 Å². The number of sulfone groups is 1. The summed E-state index contributed by atoms with van der Waals surface area (Å²) in [5.74, 6) is -0.792. The minimum atomic E-state index is -3.80. The second-order valence-electron chi connectivity index (χ2n) is 9.68. The van der Waals surface area contributed by atoms with Crippen molar-refractivity contribution in [3.05, 3.63) is 52.3 Å². The van der Waals surface area contributed by atoms with Crippen LogP contribution in [0, 0.1) is 11.3 Å². The van der Waals surface area contributed by atoms with Crippen LogP contribution >= 0.6 is 0 Å². The van der Waals surface area contributed by atoms with E-state index in [9.17, 15) is 22.8 Å². The Hall–Kier alpha value is -3.52. The number of rotatable bonds is 8. The lowest BCUT2D eigenvalue weighted by Gasteiger charge is -2.33. The SMILES string of the molecule is Cn1nc(C(=O)NCc2ccc(C#N)cc2)c2c1C(=O)N(CC1(S(=O)(=O)C(C)(C)C=O)CC1)CC2. The average Bonchev–Trinajstić information content (AvgIpc) is 3.56. The molecule has 35 heavy (non-hydrogen) atoms. The minimum absolute atomic E-state index is 0.0102. The zero-order valence-corrected chi connectivity index (χ0v) is 20.7. The van der Waals surface area contributed by atoms with Crippen molar-refractivity contribution >= 4 is 27.9 Å². The van der Waals surface area contributed by atoms with E-state index < -0.39 is 25.2 Å². The Balaban J connectivity index is 1.50. The lowest BCUT2D eigenvalue weighted by atomic mass is 10.0. The van der Waals surface area contributed by atoms with Gasteiger partial charge in [0.15, 0.2) is 15.5 Å². The fraction of sp³-hybridized carbons (Fsp3) is 0.458. The molecule has 0 saturated heterocycles. The molecular weight excluding hydrogens is 470 g/mol. The Morgan fingerprint density at radius 2 is 1.94 bits per heavy atom. The van der Waals surface area contributed by atoms with Crippen LogP contribution in [-0.4, -0.2) is 63.8 Å². The van der Waals surface area contributed by atoms with Gasteiger partial charge >= 0.3 is 0 Å². The van der Waals surface area contributed by atoms with Crippen LogP contribution in [-0.2, 0) is 34.6 Å². The van der Waals surface area contributed by atoms with E-state index in [1.165, 1.54) is 23.4 Å². The highest BCUT2D eigenvalue weighted by molar-refractivity contribution is 7.95. The van der Waals surface area contributed by atoms with Crippen molar-refractivity contribution in [1.29, 1.82) is 5.26 Å². The number of hydrogen-bond donors (Lipinski definition) is 1. The summed E-state index contributed by atoms with van der Waals surface area (Å²) >= 11 is 0. The van der Waals surface area contributed by atoms with Crippen LogP contribution < -0.4 is 5.32 Å². The summed E-state index contributed by atoms with van der Waals surface area (Å²) in [6, 6.07) is 8.88. The van der Waals surface area contributed by atoms with Crippen LogP contribution in [0.3, 0.4) is 0 Å². The van der Waals surface area contributed by atoms with E-state index >= 15 is 0 Å². The van der Waals surface area contributed by atoms with Crippen molar-refractivity contribution in [2.75, 3.05) is 13.1 Å². The lowest BCUT2D eigenvalue weighted by Crippen LogP contribution is -2.51. The van der Waals surface area contributed by atoms with Gasteiger partial charge in [0.2, 0.25) is 0 Å². The van der Waals surface area contributed by atoms with Crippen LogP contribution in [0.2, 0.25) is 0 Å². The molecule has 1 aromatic carbocycles. The first-order chi connectivity index (χ1) is 16.5.